The van der Waals surface area contributed by atoms with E-state index in [1.165, 1.54) is 25.1 Å². The van der Waals surface area contributed by atoms with E-state index in [-0.39, 0.29) is 47.2 Å². The maximum atomic E-state index is 13.9. The van der Waals surface area contributed by atoms with Crippen molar-refractivity contribution in [2.75, 3.05) is 23.2 Å². The quantitative estimate of drug-likeness (QED) is 0.748. The molecule has 0 atom stereocenters. The molecule has 0 saturated carbocycles. The number of nitrogens with zero attached hydrogens (tertiary/aromatic N) is 1. The largest absolute Gasteiger partial charge is 0.486 e. The Hall–Kier alpha value is -2.88. The molecule has 0 spiro atoms. The fourth-order valence-corrected chi connectivity index (χ4v) is 3.96. The number of carboxylic acids is 1. The minimum atomic E-state index is -3.98. The minimum Gasteiger partial charge on any atom is -0.486 e. The number of hydrogen-bond donors (Lipinski definition) is 2. The van der Waals surface area contributed by atoms with Crippen LogP contribution in [0.1, 0.15) is 18.9 Å². The van der Waals surface area contributed by atoms with Crippen LogP contribution in [0.3, 0.4) is 0 Å². The van der Waals surface area contributed by atoms with E-state index in [4.69, 9.17) is 15.6 Å². The van der Waals surface area contributed by atoms with Crippen molar-refractivity contribution < 1.29 is 31.8 Å². The van der Waals surface area contributed by atoms with Crippen LogP contribution in [-0.2, 0) is 14.8 Å². The number of nitrogens with two attached hydrogens (primary N) is 1. The van der Waals surface area contributed by atoms with Crippen molar-refractivity contribution in [1.29, 1.82) is 0 Å². The SMILES string of the molecule is CCC(=O)O.Cc1cc(S(=O)(=O)N2CCOc3c(F)cc(N)cc32)ccc1F. The summed E-state index contributed by atoms with van der Waals surface area (Å²) in [4.78, 5) is 9.29. The first kappa shape index (κ1) is 21.4. The van der Waals surface area contributed by atoms with Crippen LogP contribution in [-0.4, -0.2) is 32.6 Å². The molecule has 1 heterocycles. The van der Waals surface area contributed by atoms with Crippen LogP contribution in [0.2, 0.25) is 0 Å². The molecule has 0 aliphatic carbocycles. The van der Waals surface area contributed by atoms with Crippen LogP contribution < -0.4 is 14.8 Å². The topological polar surface area (TPSA) is 110 Å². The Morgan fingerprint density at radius 1 is 1.25 bits per heavy atom. The summed E-state index contributed by atoms with van der Waals surface area (Å²) >= 11 is 0. The van der Waals surface area contributed by atoms with E-state index in [2.05, 4.69) is 0 Å². The number of anilines is 2. The zero-order valence-corrected chi connectivity index (χ0v) is 16.1. The summed E-state index contributed by atoms with van der Waals surface area (Å²) in [6.07, 6.45) is 0.222. The maximum absolute atomic E-state index is 13.9. The molecule has 7 nitrogen and oxygen atoms in total. The predicted octanol–water partition coefficient (Wildman–Crippen LogP) is 2.92. The fourth-order valence-electron chi connectivity index (χ4n) is 2.43. The van der Waals surface area contributed by atoms with Gasteiger partial charge in [0.25, 0.3) is 10.0 Å². The Kier molecular flexibility index (Phi) is 6.45. The van der Waals surface area contributed by atoms with Gasteiger partial charge in [0.05, 0.1) is 17.1 Å². The Morgan fingerprint density at radius 2 is 1.89 bits per heavy atom. The van der Waals surface area contributed by atoms with E-state index in [0.29, 0.717) is 0 Å². The molecule has 0 saturated heterocycles. The van der Waals surface area contributed by atoms with Gasteiger partial charge in [0.2, 0.25) is 0 Å². The Labute approximate surface area is 161 Å². The van der Waals surface area contributed by atoms with Crippen LogP contribution in [0.25, 0.3) is 0 Å². The Balaban J connectivity index is 0.000000500. The molecule has 2 aromatic rings. The number of hydrogen-bond acceptors (Lipinski definition) is 5. The van der Waals surface area contributed by atoms with Crippen LogP contribution in [0.4, 0.5) is 20.2 Å². The molecule has 152 valence electrons. The lowest BCUT2D eigenvalue weighted by Gasteiger charge is -2.31. The third-order valence-electron chi connectivity index (χ3n) is 3.88. The van der Waals surface area contributed by atoms with Gasteiger partial charge in [-0.1, -0.05) is 6.92 Å². The molecule has 2 aromatic carbocycles. The standard InChI is InChI=1S/C15H14F2N2O3S.C3H6O2/c1-9-6-11(2-3-12(9)16)23(20,21)19-4-5-22-15-13(17)7-10(18)8-14(15)19;1-2-3(4)5/h2-3,6-8H,4-5,18H2,1H3;2H2,1H3,(H,4,5). The first-order valence-corrected chi connectivity index (χ1v) is 9.74. The highest BCUT2D eigenvalue weighted by Crippen LogP contribution is 2.39. The lowest BCUT2D eigenvalue weighted by Crippen LogP contribution is -2.38. The van der Waals surface area contributed by atoms with Gasteiger partial charge in [-0.25, -0.2) is 17.2 Å². The summed E-state index contributed by atoms with van der Waals surface area (Å²) in [5.41, 5.74) is 5.93. The molecular formula is C18H20F2N2O5S. The van der Waals surface area contributed by atoms with Gasteiger partial charge in [0, 0.05) is 18.2 Å². The number of benzene rings is 2. The molecule has 10 heteroatoms. The minimum absolute atomic E-state index is 0.00719. The Bertz CT molecular complexity index is 996. The lowest BCUT2D eigenvalue weighted by atomic mass is 10.2. The van der Waals surface area contributed by atoms with Crippen molar-refractivity contribution >= 4 is 27.4 Å². The van der Waals surface area contributed by atoms with Crippen LogP contribution in [0, 0.1) is 18.6 Å². The highest BCUT2D eigenvalue weighted by atomic mass is 32.2. The number of ether oxygens (including phenoxy) is 1. The number of nitrogen functional groups attached to an aromatic ring is 1. The van der Waals surface area contributed by atoms with Gasteiger partial charge < -0.3 is 15.6 Å². The van der Waals surface area contributed by atoms with E-state index < -0.39 is 27.6 Å². The van der Waals surface area contributed by atoms with Crippen molar-refractivity contribution in [2.45, 2.75) is 25.2 Å². The van der Waals surface area contributed by atoms with Crippen molar-refractivity contribution in [3.8, 4) is 5.75 Å². The molecule has 0 unspecified atom stereocenters. The van der Waals surface area contributed by atoms with Gasteiger partial charge in [-0.3, -0.25) is 9.10 Å². The first-order valence-electron chi connectivity index (χ1n) is 8.30. The van der Waals surface area contributed by atoms with Crippen molar-refractivity contribution in [3.63, 3.8) is 0 Å². The number of aliphatic carboxylic acids is 1. The van der Waals surface area contributed by atoms with Crippen molar-refractivity contribution in [3.05, 3.63) is 47.5 Å². The average Bonchev–Trinajstić information content (AvgIpc) is 2.63. The monoisotopic (exact) mass is 414 g/mol. The van der Waals surface area contributed by atoms with Crippen LogP contribution in [0.5, 0.6) is 5.75 Å². The van der Waals surface area contributed by atoms with Gasteiger partial charge in [-0.05, 0) is 36.8 Å². The number of carboxylic acid groups (broad SMARTS) is 1. The number of carbonyl (C=O) groups is 1. The van der Waals surface area contributed by atoms with E-state index >= 15 is 0 Å². The second kappa shape index (κ2) is 8.42. The third kappa shape index (κ3) is 4.50. The molecule has 0 fully saturated rings. The lowest BCUT2D eigenvalue weighted by molar-refractivity contribution is -0.136. The molecule has 1 aliphatic rings. The third-order valence-corrected chi connectivity index (χ3v) is 5.68. The Morgan fingerprint density at radius 3 is 2.46 bits per heavy atom. The van der Waals surface area contributed by atoms with E-state index in [1.807, 2.05) is 0 Å². The van der Waals surface area contributed by atoms with E-state index in [1.54, 1.807) is 6.92 Å². The molecule has 3 N–H and O–H groups in total. The molecule has 0 bridgehead atoms. The molecule has 0 aromatic heterocycles. The number of aryl methyl sites for hydroxylation is 1. The summed E-state index contributed by atoms with van der Waals surface area (Å²) < 4.78 is 59.2. The summed E-state index contributed by atoms with van der Waals surface area (Å²) in [7, 11) is -3.98. The normalized spacial score (nSPS) is 13.1. The molecule has 0 radical (unpaired) electrons. The zero-order chi connectivity index (χ0) is 21.1. The molecular weight excluding hydrogens is 394 g/mol. The second-order valence-electron chi connectivity index (χ2n) is 5.93. The van der Waals surface area contributed by atoms with E-state index in [0.717, 1.165) is 16.4 Å². The van der Waals surface area contributed by atoms with Gasteiger partial charge in [0.15, 0.2) is 11.6 Å². The molecule has 28 heavy (non-hydrogen) atoms. The zero-order valence-electron chi connectivity index (χ0n) is 15.3. The number of rotatable bonds is 3. The molecule has 1 aliphatic heterocycles. The van der Waals surface area contributed by atoms with Crippen molar-refractivity contribution in [2.24, 2.45) is 0 Å². The fraction of sp³-hybridized carbons (Fsp3) is 0.278. The number of fused-ring (bicyclic) bond motifs is 1. The predicted molar refractivity (Wildman–Crippen MR) is 99.9 cm³/mol. The van der Waals surface area contributed by atoms with Crippen LogP contribution >= 0.6 is 0 Å². The second-order valence-corrected chi connectivity index (χ2v) is 7.80. The number of sulfonamides is 1. The van der Waals surface area contributed by atoms with Gasteiger partial charge in [0.1, 0.15) is 12.4 Å². The first-order chi connectivity index (χ1) is 13.1. The highest BCUT2D eigenvalue weighted by molar-refractivity contribution is 7.92. The highest BCUT2D eigenvalue weighted by Gasteiger charge is 2.32. The van der Waals surface area contributed by atoms with Crippen molar-refractivity contribution in [1.82, 2.24) is 0 Å². The smallest absolute Gasteiger partial charge is 0.303 e. The average molecular weight is 414 g/mol. The van der Waals surface area contributed by atoms with Crippen LogP contribution in [0.15, 0.2) is 35.2 Å². The molecule has 3 rings (SSSR count). The van der Waals surface area contributed by atoms with Gasteiger partial charge in [-0.2, -0.15) is 0 Å². The summed E-state index contributed by atoms with van der Waals surface area (Å²) in [6, 6.07) is 5.91. The summed E-state index contributed by atoms with van der Waals surface area (Å²) in [5, 5.41) is 7.72. The van der Waals surface area contributed by atoms with E-state index in [9.17, 15) is 22.0 Å². The van der Waals surface area contributed by atoms with Gasteiger partial charge >= 0.3 is 5.97 Å². The number of halogens is 2. The summed E-state index contributed by atoms with van der Waals surface area (Å²) in [6.45, 7) is 3.09. The molecule has 0 amide bonds. The van der Waals surface area contributed by atoms with Gasteiger partial charge in [-0.15, -0.1) is 0 Å². The summed E-state index contributed by atoms with van der Waals surface area (Å²) in [5.74, 6) is -2.13. The maximum Gasteiger partial charge on any atom is 0.303 e.